The maximum absolute atomic E-state index is 13.1. The fourth-order valence-corrected chi connectivity index (χ4v) is 12.4. The van der Waals surface area contributed by atoms with Crippen LogP contribution in [0.4, 0.5) is 0 Å². The highest BCUT2D eigenvalue weighted by Crippen LogP contribution is 2.38. The molecule has 0 aromatic carbocycles. The van der Waals surface area contributed by atoms with Crippen LogP contribution in [-0.2, 0) is 18.4 Å². The summed E-state index contributed by atoms with van der Waals surface area (Å²) < 4.78 is 23.6. The van der Waals surface area contributed by atoms with Crippen molar-refractivity contribution in [3.8, 4) is 0 Å². The van der Waals surface area contributed by atoms with Crippen molar-refractivity contribution >= 4 is 13.7 Å². The molecule has 3 unspecified atom stereocenters. The largest absolute Gasteiger partial charge is 0.756 e. The molecule has 8 nitrogen and oxygen atoms in total. The van der Waals surface area contributed by atoms with Crippen LogP contribution in [0.15, 0.2) is 24.3 Å². The summed E-state index contributed by atoms with van der Waals surface area (Å²) >= 11 is 0. The standard InChI is InChI=1S/C74H147N2O6P/c1-6-8-10-12-14-16-18-20-22-24-26-28-30-32-33-34-35-36-37-38-39-40-41-42-43-44-46-48-50-52-54-56-58-60-62-64-66-68-74(78)75-72(71-82-83(79,80)81-70-69-76(3,4)5)73(77)67-65-63-61-59-57-55-53-51-49-47-45-31-29-27-25-23-21-19-17-15-13-11-9-7-2/h33-34,36-37,72-73,77H,6-32,35,38-71H2,1-5H3,(H-,75,78,79,80)/b34-33-,37-36-. The molecule has 0 bridgehead atoms. The van der Waals surface area contributed by atoms with E-state index in [9.17, 15) is 19.4 Å². The lowest BCUT2D eigenvalue weighted by Crippen LogP contribution is -2.46. The number of hydrogen-bond acceptors (Lipinski definition) is 6. The summed E-state index contributed by atoms with van der Waals surface area (Å²) in [7, 11) is 1.32. The smallest absolute Gasteiger partial charge is 0.268 e. The molecular formula is C74H147N2O6P. The van der Waals surface area contributed by atoms with E-state index < -0.39 is 20.0 Å². The van der Waals surface area contributed by atoms with Crippen LogP contribution in [0.5, 0.6) is 0 Å². The van der Waals surface area contributed by atoms with Gasteiger partial charge in [0.25, 0.3) is 7.82 Å². The normalized spacial score (nSPS) is 13.7. The second kappa shape index (κ2) is 65.4. The maximum Gasteiger partial charge on any atom is 0.268 e. The topological polar surface area (TPSA) is 108 Å². The molecule has 1 amide bonds. The Labute approximate surface area is 519 Å². The van der Waals surface area contributed by atoms with Gasteiger partial charge in [0, 0.05) is 6.42 Å². The Morgan fingerprint density at radius 2 is 0.699 bits per heavy atom. The number of phosphoric acid groups is 1. The van der Waals surface area contributed by atoms with Crippen LogP contribution in [0.25, 0.3) is 0 Å². The van der Waals surface area contributed by atoms with E-state index in [1.165, 1.54) is 321 Å². The lowest BCUT2D eigenvalue weighted by Gasteiger charge is -2.30. The first-order valence-electron chi connectivity index (χ1n) is 37.2. The van der Waals surface area contributed by atoms with E-state index in [1.807, 2.05) is 21.1 Å². The van der Waals surface area contributed by atoms with Gasteiger partial charge >= 0.3 is 0 Å². The number of nitrogens with one attached hydrogen (secondary N) is 1. The van der Waals surface area contributed by atoms with Crippen molar-refractivity contribution < 1.29 is 32.9 Å². The molecule has 494 valence electrons. The lowest BCUT2D eigenvalue weighted by molar-refractivity contribution is -0.870. The first-order chi connectivity index (χ1) is 40.5. The van der Waals surface area contributed by atoms with Gasteiger partial charge in [0.15, 0.2) is 0 Å². The first-order valence-corrected chi connectivity index (χ1v) is 38.6. The molecule has 0 saturated carbocycles. The Morgan fingerprint density at radius 1 is 0.422 bits per heavy atom. The van der Waals surface area contributed by atoms with Crippen LogP contribution in [0, 0.1) is 0 Å². The van der Waals surface area contributed by atoms with Gasteiger partial charge in [0.1, 0.15) is 13.2 Å². The quantitative estimate of drug-likeness (QED) is 0.0272. The molecule has 0 aliphatic heterocycles. The van der Waals surface area contributed by atoms with E-state index in [4.69, 9.17) is 9.05 Å². The number of rotatable bonds is 70. The minimum atomic E-state index is -4.58. The monoisotopic (exact) mass is 1190 g/mol. The molecule has 0 heterocycles. The zero-order chi connectivity index (χ0) is 60.5. The summed E-state index contributed by atoms with van der Waals surface area (Å²) in [6.45, 7) is 4.79. The summed E-state index contributed by atoms with van der Waals surface area (Å²) in [4.78, 5) is 25.7. The Balaban J connectivity index is 3.94. The molecule has 0 radical (unpaired) electrons. The average Bonchev–Trinajstić information content (AvgIpc) is 3.50. The second-order valence-corrected chi connectivity index (χ2v) is 28.4. The van der Waals surface area contributed by atoms with E-state index in [0.717, 1.165) is 44.9 Å². The number of phosphoric ester groups is 1. The third kappa shape index (κ3) is 68.3. The number of aliphatic hydroxyl groups excluding tert-OH is 1. The van der Waals surface area contributed by atoms with Crippen LogP contribution in [0.2, 0.25) is 0 Å². The highest BCUT2D eigenvalue weighted by atomic mass is 31.2. The number of carbonyl (C=O) groups is 1. The Morgan fingerprint density at radius 3 is 1.00 bits per heavy atom. The molecule has 0 aliphatic carbocycles. The number of aliphatic hydroxyl groups is 1. The van der Waals surface area contributed by atoms with Crippen molar-refractivity contribution in [1.29, 1.82) is 0 Å². The fourth-order valence-electron chi connectivity index (χ4n) is 11.7. The van der Waals surface area contributed by atoms with Gasteiger partial charge in [0.2, 0.25) is 5.91 Å². The van der Waals surface area contributed by atoms with E-state index in [2.05, 4.69) is 43.5 Å². The molecule has 0 aromatic rings. The van der Waals surface area contributed by atoms with Crippen molar-refractivity contribution in [2.45, 2.75) is 405 Å². The number of hydrogen-bond donors (Lipinski definition) is 2. The summed E-state index contributed by atoms with van der Waals surface area (Å²) in [5, 5.41) is 14.1. The van der Waals surface area contributed by atoms with E-state index in [-0.39, 0.29) is 19.1 Å². The molecule has 83 heavy (non-hydrogen) atoms. The van der Waals surface area contributed by atoms with Crippen LogP contribution in [0.1, 0.15) is 393 Å². The molecule has 3 atom stereocenters. The number of amides is 1. The van der Waals surface area contributed by atoms with Gasteiger partial charge in [-0.05, 0) is 44.9 Å². The average molecular weight is 1190 g/mol. The van der Waals surface area contributed by atoms with Crippen molar-refractivity contribution in [2.24, 2.45) is 0 Å². The van der Waals surface area contributed by atoms with Crippen LogP contribution < -0.4 is 10.2 Å². The molecule has 9 heteroatoms. The number of unbranched alkanes of at least 4 members (excludes halogenated alkanes) is 53. The van der Waals surface area contributed by atoms with Crippen LogP contribution >= 0.6 is 7.82 Å². The van der Waals surface area contributed by atoms with Gasteiger partial charge in [-0.15, -0.1) is 0 Å². The number of allylic oxidation sites excluding steroid dienone is 4. The predicted octanol–water partition coefficient (Wildman–Crippen LogP) is 23.2. The highest BCUT2D eigenvalue weighted by molar-refractivity contribution is 7.45. The van der Waals surface area contributed by atoms with E-state index in [1.54, 1.807) is 0 Å². The molecule has 0 saturated heterocycles. The number of carbonyl (C=O) groups excluding carboxylic acids is 1. The minimum Gasteiger partial charge on any atom is -0.756 e. The van der Waals surface area contributed by atoms with Crippen LogP contribution in [-0.4, -0.2) is 68.5 Å². The van der Waals surface area contributed by atoms with Gasteiger partial charge in [-0.3, -0.25) is 9.36 Å². The second-order valence-electron chi connectivity index (χ2n) is 27.0. The highest BCUT2D eigenvalue weighted by Gasteiger charge is 2.24. The van der Waals surface area contributed by atoms with Crippen molar-refractivity contribution in [2.75, 3.05) is 40.9 Å². The summed E-state index contributed by atoms with van der Waals surface area (Å²) in [6, 6.07) is -0.800. The number of likely N-dealkylation sites (N-methyl/N-ethyl adjacent to an activating group) is 1. The Bertz CT molecular complexity index is 1400. The summed E-state index contributed by atoms with van der Waals surface area (Å²) in [5.74, 6) is -0.156. The van der Waals surface area contributed by atoms with Crippen molar-refractivity contribution in [3.05, 3.63) is 24.3 Å². The van der Waals surface area contributed by atoms with Gasteiger partial charge < -0.3 is 28.8 Å². The van der Waals surface area contributed by atoms with Crippen molar-refractivity contribution in [1.82, 2.24) is 5.32 Å². The third-order valence-corrected chi connectivity index (χ3v) is 18.4. The minimum absolute atomic E-state index is 0.0148. The molecule has 0 aromatic heterocycles. The fraction of sp³-hybridized carbons (Fsp3) is 0.932. The zero-order valence-electron chi connectivity index (χ0n) is 56.7. The van der Waals surface area contributed by atoms with E-state index in [0.29, 0.717) is 23.9 Å². The molecular weight excluding hydrogens is 1040 g/mol. The first kappa shape index (κ1) is 82.0. The third-order valence-electron chi connectivity index (χ3n) is 17.4. The Kier molecular flexibility index (Phi) is 64.6. The zero-order valence-corrected chi connectivity index (χ0v) is 57.6. The Hall–Kier alpha value is -1.02. The number of quaternary nitrogens is 1. The van der Waals surface area contributed by atoms with Crippen molar-refractivity contribution in [3.63, 3.8) is 0 Å². The van der Waals surface area contributed by atoms with Crippen LogP contribution in [0.3, 0.4) is 0 Å². The SMILES string of the molecule is CCCCCCCCCCCCCCC/C=C\C/C=C\CCCCCCCCCCCCCCCCCCCC(=O)NC(COP(=O)([O-])OCC[N+](C)(C)C)C(O)CCCCCCCCCCCCCCCCCCCCCCCCCC. The maximum atomic E-state index is 13.1. The predicted molar refractivity (Wildman–Crippen MR) is 362 cm³/mol. The molecule has 0 aliphatic rings. The molecule has 0 spiro atoms. The summed E-state index contributed by atoms with van der Waals surface area (Å²) in [5.41, 5.74) is 0. The lowest BCUT2D eigenvalue weighted by atomic mass is 10.0. The molecule has 0 fully saturated rings. The van der Waals surface area contributed by atoms with Gasteiger partial charge in [-0.25, -0.2) is 0 Å². The van der Waals surface area contributed by atoms with Gasteiger partial charge in [-0.1, -0.05) is 366 Å². The molecule has 2 N–H and O–H groups in total. The summed E-state index contributed by atoms with van der Waals surface area (Å²) in [6.07, 6.45) is 85.6. The number of nitrogens with zero attached hydrogens (tertiary/aromatic N) is 1. The van der Waals surface area contributed by atoms with Gasteiger partial charge in [-0.2, -0.15) is 0 Å². The van der Waals surface area contributed by atoms with Gasteiger partial charge in [0.05, 0.1) is 39.9 Å². The van der Waals surface area contributed by atoms with E-state index >= 15 is 0 Å². The molecule has 0 rings (SSSR count).